The number of rotatable bonds is 6. The first-order chi connectivity index (χ1) is 9.70. The lowest BCUT2D eigenvalue weighted by molar-refractivity contribution is 0.0782. The van der Waals surface area contributed by atoms with E-state index in [4.69, 9.17) is 0 Å². The highest BCUT2D eigenvalue weighted by molar-refractivity contribution is 5.93. The molecule has 0 radical (unpaired) electrons. The molecule has 1 aromatic heterocycles. The highest BCUT2D eigenvalue weighted by Gasteiger charge is 2.15. The molecule has 1 aromatic rings. The molecule has 5 nitrogen and oxygen atoms in total. The number of likely N-dealkylation sites (N-methyl/N-ethyl adjacent to an activating group) is 1. The molecule has 1 amide bonds. The van der Waals surface area contributed by atoms with E-state index < -0.39 is 0 Å². The Kier molecular flexibility index (Phi) is 5.35. The molecular weight excluding hydrogens is 252 g/mol. The van der Waals surface area contributed by atoms with Crippen LogP contribution in [0.2, 0.25) is 0 Å². The summed E-state index contributed by atoms with van der Waals surface area (Å²) in [5.74, 6) is 0.850. The molecule has 110 valence electrons. The predicted octanol–water partition coefficient (Wildman–Crippen LogP) is 1.68. The van der Waals surface area contributed by atoms with Crippen LogP contribution in [0.4, 0.5) is 5.82 Å². The molecule has 1 saturated heterocycles. The van der Waals surface area contributed by atoms with E-state index in [2.05, 4.69) is 15.2 Å². The summed E-state index contributed by atoms with van der Waals surface area (Å²) in [7, 11) is 1.86. The minimum atomic E-state index is 0.0414. The fourth-order valence-corrected chi connectivity index (χ4v) is 2.43. The molecule has 0 bridgehead atoms. The topological polar surface area (TPSA) is 48.5 Å². The predicted molar refractivity (Wildman–Crippen MR) is 81.0 cm³/mol. The van der Waals surface area contributed by atoms with E-state index in [9.17, 15) is 4.79 Å². The van der Waals surface area contributed by atoms with E-state index in [0.717, 1.165) is 25.5 Å². The third-order valence-electron chi connectivity index (χ3n) is 3.67. The standard InChI is InChI=1S/C15H24N4O/c1-3-16-14-7-6-13(12-17-14)15(20)18(2)10-11-19-8-4-5-9-19/h6-7,12H,3-5,8-11H2,1-2H3,(H,16,17). The maximum Gasteiger partial charge on any atom is 0.255 e. The zero-order valence-electron chi connectivity index (χ0n) is 12.4. The van der Waals surface area contributed by atoms with Crippen molar-refractivity contribution < 1.29 is 4.79 Å². The first-order valence-electron chi connectivity index (χ1n) is 7.38. The van der Waals surface area contributed by atoms with Crippen molar-refractivity contribution >= 4 is 11.7 Å². The Morgan fingerprint density at radius 1 is 1.40 bits per heavy atom. The number of carbonyl (C=O) groups is 1. The molecule has 1 fully saturated rings. The van der Waals surface area contributed by atoms with Gasteiger partial charge in [-0.2, -0.15) is 0 Å². The fourth-order valence-electron chi connectivity index (χ4n) is 2.43. The van der Waals surface area contributed by atoms with Crippen molar-refractivity contribution in [2.75, 3.05) is 45.1 Å². The number of aromatic nitrogens is 1. The highest BCUT2D eigenvalue weighted by Crippen LogP contribution is 2.09. The second-order valence-electron chi connectivity index (χ2n) is 5.24. The molecule has 0 saturated carbocycles. The van der Waals surface area contributed by atoms with Crippen LogP contribution in [0.5, 0.6) is 0 Å². The monoisotopic (exact) mass is 276 g/mol. The van der Waals surface area contributed by atoms with Crippen molar-refractivity contribution in [2.24, 2.45) is 0 Å². The number of hydrogen-bond donors (Lipinski definition) is 1. The zero-order chi connectivity index (χ0) is 14.4. The number of amides is 1. The summed E-state index contributed by atoms with van der Waals surface area (Å²) >= 11 is 0. The lowest BCUT2D eigenvalue weighted by Gasteiger charge is -2.21. The normalized spacial score (nSPS) is 15.3. The van der Waals surface area contributed by atoms with Crippen LogP contribution in [0.1, 0.15) is 30.1 Å². The van der Waals surface area contributed by atoms with Gasteiger partial charge in [-0.1, -0.05) is 0 Å². The third-order valence-corrected chi connectivity index (χ3v) is 3.67. The number of pyridine rings is 1. The minimum Gasteiger partial charge on any atom is -0.370 e. The van der Waals surface area contributed by atoms with Gasteiger partial charge in [-0.25, -0.2) is 4.98 Å². The van der Waals surface area contributed by atoms with Crippen LogP contribution in [-0.2, 0) is 0 Å². The largest absolute Gasteiger partial charge is 0.370 e. The summed E-state index contributed by atoms with van der Waals surface area (Å²) in [4.78, 5) is 20.7. The average molecular weight is 276 g/mol. The van der Waals surface area contributed by atoms with Crippen molar-refractivity contribution in [2.45, 2.75) is 19.8 Å². The molecule has 0 unspecified atom stereocenters. The number of carbonyl (C=O) groups excluding carboxylic acids is 1. The number of nitrogens with one attached hydrogen (secondary N) is 1. The maximum absolute atomic E-state index is 12.3. The van der Waals surface area contributed by atoms with E-state index in [0.29, 0.717) is 5.56 Å². The SMILES string of the molecule is CCNc1ccc(C(=O)N(C)CCN2CCCC2)cn1. The first kappa shape index (κ1) is 14.8. The van der Waals surface area contributed by atoms with Crippen LogP contribution in [0.25, 0.3) is 0 Å². The van der Waals surface area contributed by atoms with Gasteiger partial charge in [0.25, 0.3) is 5.91 Å². The van der Waals surface area contributed by atoms with Gasteiger partial charge in [0, 0.05) is 32.9 Å². The molecule has 0 aromatic carbocycles. The van der Waals surface area contributed by atoms with Crippen LogP contribution in [-0.4, -0.2) is 60.5 Å². The Hall–Kier alpha value is -1.62. The van der Waals surface area contributed by atoms with Crippen LogP contribution >= 0.6 is 0 Å². The number of likely N-dealkylation sites (tertiary alicyclic amines) is 1. The van der Waals surface area contributed by atoms with Gasteiger partial charge in [0.2, 0.25) is 0 Å². The lowest BCUT2D eigenvalue weighted by Crippen LogP contribution is -2.35. The molecule has 0 spiro atoms. The van der Waals surface area contributed by atoms with E-state index in [-0.39, 0.29) is 5.91 Å². The van der Waals surface area contributed by atoms with Crippen molar-refractivity contribution in [3.05, 3.63) is 23.9 Å². The minimum absolute atomic E-state index is 0.0414. The molecule has 1 aliphatic heterocycles. The number of anilines is 1. The molecule has 0 atom stereocenters. The van der Waals surface area contributed by atoms with Gasteiger partial charge in [0.05, 0.1) is 5.56 Å². The molecule has 2 rings (SSSR count). The summed E-state index contributed by atoms with van der Waals surface area (Å²) < 4.78 is 0. The quantitative estimate of drug-likeness (QED) is 0.859. The Bertz CT molecular complexity index is 426. The Balaban J connectivity index is 1.85. The van der Waals surface area contributed by atoms with E-state index in [1.807, 2.05) is 26.1 Å². The van der Waals surface area contributed by atoms with Crippen LogP contribution in [0, 0.1) is 0 Å². The van der Waals surface area contributed by atoms with E-state index >= 15 is 0 Å². The smallest absolute Gasteiger partial charge is 0.255 e. The summed E-state index contributed by atoms with van der Waals surface area (Å²) in [5.41, 5.74) is 0.649. The van der Waals surface area contributed by atoms with Crippen LogP contribution < -0.4 is 5.32 Å². The van der Waals surface area contributed by atoms with Gasteiger partial charge in [0.1, 0.15) is 5.82 Å². The fraction of sp³-hybridized carbons (Fsp3) is 0.600. The van der Waals surface area contributed by atoms with Crippen molar-refractivity contribution in [3.8, 4) is 0 Å². The Morgan fingerprint density at radius 3 is 2.75 bits per heavy atom. The molecular formula is C15H24N4O. The number of nitrogens with zero attached hydrogens (tertiary/aromatic N) is 3. The van der Waals surface area contributed by atoms with Gasteiger partial charge < -0.3 is 15.1 Å². The van der Waals surface area contributed by atoms with Gasteiger partial charge in [0.15, 0.2) is 0 Å². The van der Waals surface area contributed by atoms with Crippen molar-refractivity contribution in [3.63, 3.8) is 0 Å². The average Bonchev–Trinajstić information content (AvgIpc) is 2.98. The Labute approximate surface area is 121 Å². The molecule has 1 N–H and O–H groups in total. The highest BCUT2D eigenvalue weighted by atomic mass is 16.2. The zero-order valence-corrected chi connectivity index (χ0v) is 12.4. The summed E-state index contributed by atoms with van der Waals surface area (Å²) in [6, 6.07) is 3.69. The van der Waals surface area contributed by atoms with Crippen molar-refractivity contribution in [1.29, 1.82) is 0 Å². The second-order valence-corrected chi connectivity index (χ2v) is 5.24. The van der Waals surface area contributed by atoms with E-state index in [1.54, 1.807) is 11.1 Å². The number of hydrogen-bond acceptors (Lipinski definition) is 4. The van der Waals surface area contributed by atoms with E-state index in [1.165, 1.54) is 25.9 Å². The first-order valence-corrected chi connectivity index (χ1v) is 7.38. The van der Waals surface area contributed by atoms with Crippen molar-refractivity contribution in [1.82, 2.24) is 14.8 Å². The molecule has 20 heavy (non-hydrogen) atoms. The lowest BCUT2D eigenvalue weighted by atomic mass is 10.2. The van der Waals surface area contributed by atoms with Gasteiger partial charge in [-0.3, -0.25) is 4.79 Å². The molecule has 2 heterocycles. The third kappa shape index (κ3) is 3.93. The maximum atomic E-state index is 12.3. The van der Waals surface area contributed by atoms with Gasteiger partial charge >= 0.3 is 0 Å². The van der Waals surface area contributed by atoms with Crippen LogP contribution in [0.15, 0.2) is 18.3 Å². The summed E-state index contributed by atoms with van der Waals surface area (Å²) in [6.45, 7) is 6.92. The summed E-state index contributed by atoms with van der Waals surface area (Å²) in [6.07, 6.45) is 4.22. The second kappa shape index (κ2) is 7.24. The van der Waals surface area contributed by atoms with Crippen LogP contribution in [0.3, 0.4) is 0 Å². The van der Waals surface area contributed by atoms with Gasteiger partial charge in [-0.05, 0) is 45.0 Å². The Morgan fingerprint density at radius 2 is 2.15 bits per heavy atom. The summed E-state index contributed by atoms with van der Waals surface area (Å²) in [5, 5.41) is 3.12. The molecule has 0 aliphatic carbocycles. The molecule has 5 heteroatoms. The van der Waals surface area contributed by atoms with Gasteiger partial charge in [-0.15, -0.1) is 0 Å². The molecule has 1 aliphatic rings.